The number of rotatable bonds is 5. The van der Waals surface area contributed by atoms with Crippen molar-refractivity contribution in [1.82, 2.24) is 15.6 Å². The average Bonchev–Trinajstić information content (AvgIpc) is 3.45. The first-order chi connectivity index (χ1) is 14.2. The number of para-hydroxylation sites is 1. The van der Waals surface area contributed by atoms with Gasteiger partial charge in [0.2, 0.25) is 0 Å². The Morgan fingerprint density at radius 1 is 1.07 bits per heavy atom. The molecule has 1 heterocycles. The quantitative estimate of drug-likeness (QED) is 0.467. The average molecular weight is 424 g/mol. The Bertz CT molecular complexity index is 1030. The molecule has 2 aromatic carbocycles. The van der Waals surface area contributed by atoms with Crippen LogP contribution < -0.4 is 10.6 Å². The summed E-state index contributed by atoms with van der Waals surface area (Å²) in [5, 5.41) is 9.87. The second-order valence-electron chi connectivity index (χ2n) is 8.50. The number of thiocarbonyl (C=S) groups is 1. The molecule has 2 aliphatic carbocycles. The van der Waals surface area contributed by atoms with Crippen LogP contribution in [0.1, 0.15) is 42.7 Å². The second-order valence-corrected chi connectivity index (χ2v) is 9.31. The van der Waals surface area contributed by atoms with E-state index >= 15 is 0 Å². The number of aromatic nitrogens is 1. The first-order valence-corrected chi connectivity index (χ1v) is 11.3. The van der Waals surface area contributed by atoms with Crippen molar-refractivity contribution in [2.75, 3.05) is 6.54 Å². The van der Waals surface area contributed by atoms with E-state index in [4.69, 9.17) is 23.8 Å². The summed E-state index contributed by atoms with van der Waals surface area (Å²) in [6.45, 7) is 0.707. The van der Waals surface area contributed by atoms with Gasteiger partial charge in [-0.25, -0.2) is 0 Å². The maximum Gasteiger partial charge on any atom is 0.166 e. The van der Waals surface area contributed by atoms with Gasteiger partial charge in [-0.15, -0.1) is 0 Å². The fourth-order valence-corrected chi connectivity index (χ4v) is 5.87. The van der Waals surface area contributed by atoms with E-state index in [0.717, 1.165) is 33.1 Å². The number of halogens is 1. The molecule has 29 heavy (non-hydrogen) atoms. The van der Waals surface area contributed by atoms with Crippen molar-refractivity contribution in [3.63, 3.8) is 0 Å². The van der Waals surface area contributed by atoms with Crippen molar-refractivity contribution in [2.45, 2.75) is 37.6 Å². The van der Waals surface area contributed by atoms with Crippen LogP contribution in [0, 0.1) is 11.8 Å². The molecule has 5 heteroatoms. The number of hydrogen-bond donors (Lipinski definition) is 3. The Morgan fingerprint density at radius 3 is 2.69 bits per heavy atom. The largest absolute Gasteiger partial charge is 0.362 e. The molecule has 4 unspecified atom stereocenters. The van der Waals surface area contributed by atoms with E-state index in [0.29, 0.717) is 12.6 Å². The molecule has 4 atom stereocenters. The van der Waals surface area contributed by atoms with Crippen molar-refractivity contribution >= 4 is 39.8 Å². The molecule has 0 saturated heterocycles. The zero-order valence-corrected chi connectivity index (χ0v) is 17.9. The van der Waals surface area contributed by atoms with Gasteiger partial charge in [0, 0.05) is 40.6 Å². The van der Waals surface area contributed by atoms with Gasteiger partial charge in [0.1, 0.15) is 0 Å². The van der Waals surface area contributed by atoms with Gasteiger partial charge in [-0.2, -0.15) is 0 Å². The van der Waals surface area contributed by atoms with Gasteiger partial charge in [-0.1, -0.05) is 54.4 Å². The van der Waals surface area contributed by atoms with Crippen LogP contribution in [0.5, 0.6) is 0 Å². The highest BCUT2D eigenvalue weighted by molar-refractivity contribution is 7.80. The van der Waals surface area contributed by atoms with Gasteiger partial charge in [0.05, 0.1) is 0 Å². The molecule has 2 bridgehead atoms. The zero-order chi connectivity index (χ0) is 19.8. The number of H-pyrrole nitrogens is 1. The number of aromatic amines is 1. The van der Waals surface area contributed by atoms with Crippen molar-refractivity contribution in [3.8, 4) is 0 Å². The van der Waals surface area contributed by atoms with Gasteiger partial charge in [0.15, 0.2) is 5.11 Å². The molecule has 0 amide bonds. The summed E-state index contributed by atoms with van der Waals surface area (Å²) in [6, 6.07) is 17.1. The summed E-state index contributed by atoms with van der Waals surface area (Å²) in [4.78, 5) is 3.40. The lowest BCUT2D eigenvalue weighted by Crippen LogP contribution is -2.45. The molecule has 0 spiro atoms. The van der Waals surface area contributed by atoms with Gasteiger partial charge < -0.3 is 15.6 Å². The van der Waals surface area contributed by atoms with E-state index in [9.17, 15) is 0 Å². The molecular weight excluding hydrogens is 398 g/mol. The molecule has 1 aromatic heterocycles. The molecule has 0 aliphatic heterocycles. The SMILES string of the molecule is S=C(NCC(c1ccccc1Cl)c1c[nH]c2ccccc12)NC1CC2CCC1C2. The van der Waals surface area contributed by atoms with Crippen molar-refractivity contribution in [2.24, 2.45) is 11.8 Å². The Hall–Kier alpha value is -2.04. The normalized spacial score (nSPS) is 24.0. The van der Waals surface area contributed by atoms with E-state index in [1.54, 1.807) is 0 Å². The predicted octanol–water partition coefficient (Wildman–Crippen LogP) is 5.61. The van der Waals surface area contributed by atoms with E-state index in [-0.39, 0.29) is 5.92 Å². The molecule has 150 valence electrons. The summed E-state index contributed by atoms with van der Waals surface area (Å²) in [6.07, 6.45) is 7.49. The van der Waals surface area contributed by atoms with Crippen LogP contribution in [0.4, 0.5) is 0 Å². The van der Waals surface area contributed by atoms with Crippen LogP contribution in [0.3, 0.4) is 0 Å². The molecule has 3 aromatic rings. The Morgan fingerprint density at radius 2 is 1.90 bits per heavy atom. The number of benzene rings is 2. The topological polar surface area (TPSA) is 39.9 Å². The molecule has 3 N–H and O–H groups in total. The monoisotopic (exact) mass is 423 g/mol. The third-order valence-electron chi connectivity index (χ3n) is 6.80. The molecule has 3 nitrogen and oxygen atoms in total. The van der Waals surface area contributed by atoms with Crippen LogP contribution in [-0.4, -0.2) is 22.7 Å². The molecule has 5 rings (SSSR count). The van der Waals surface area contributed by atoms with E-state index in [1.807, 2.05) is 12.1 Å². The third kappa shape index (κ3) is 3.76. The van der Waals surface area contributed by atoms with Crippen LogP contribution in [0.25, 0.3) is 10.9 Å². The highest BCUT2D eigenvalue weighted by atomic mass is 35.5. The van der Waals surface area contributed by atoms with Gasteiger partial charge >= 0.3 is 0 Å². The lowest BCUT2D eigenvalue weighted by Gasteiger charge is -2.26. The zero-order valence-electron chi connectivity index (χ0n) is 16.3. The lowest BCUT2D eigenvalue weighted by molar-refractivity contribution is 0.389. The number of hydrogen-bond acceptors (Lipinski definition) is 1. The molecule has 2 fully saturated rings. The minimum absolute atomic E-state index is 0.111. The number of nitrogens with one attached hydrogen (secondary N) is 3. The van der Waals surface area contributed by atoms with Crippen LogP contribution in [0.2, 0.25) is 5.02 Å². The van der Waals surface area contributed by atoms with Gasteiger partial charge in [-0.05, 0) is 66.6 Å². The highest BCUT2D eigenvalue weighted by Gasteiger charge is 2.39. The van der Waals surface area contributed by atoms with Crippen molar-refractivity contribution in [1.29, 1.82) is 0 Å². The van der Waals surface area contributed by atoms with E-state index in [2.05, 4.69) is 58.2 Å². The molecule has 2 aliphatic rings. The third-order valence-corrected chi connectivity index (χ3v) is 7.41. The molecule has 2 saturated carbocycles. The molecule has 0 radical (unpaired) electrons. The standard InChI is InChI=1S/C24H26ClN3S/c25-21-7-3-1-5-17(21)19(20-13-26-22-8-4-2-6-18(20)22)14-27-24(29)28-23-12-15-9-10-16(23)11-15/h1-8,13,15-16,19,23,26H,9-12,14H2,(H2,27,28,29). The minimum atomic E-state index is 0.111. The summed E-state index contributed by atoms with van der Waals surface area (Å²) in [7, 11) is 0. The maximum atomic E-state index is 6.60. The Labute approximate surface area is 182 Å². The van der Waals surface area contributed by atoms with Gasteiger partial charge in [0.25, 0.3) is 0 Å². The highest BCUT2D eigenvalue weighted by Crippen LogP contribution is 2.44. The summed E-state index contributed by atoms with van der Waals surface area (Å²) in [5.74, 6) is 1.81. The first kappa shape index (κ1) is 19.0. The maximum absolute atomic E-state index is 6.60. The van der Waals surface area contributed by atoms with Crippen LogP contribution >= 0.6 is 23.8 Å². The summed E-state index contributed by atoms with van der Waals surface area (Å²) < 4.78 is 0. The fourth-order valence-electron chi connectivity index (χ4n) is 5.36. The lowest BCUT2D eigenvalue weighted by atomic mass is 9.91. The smallest absolute Gasteiger partial charge is 0.166 e. The fraction of sp³-hybridized carbons (Fsp3) is 0.375. The van der Waals surface area contributed by atoms with Gasteiger partial charge in [-0.3, -0.25) is 0 Å². The first-order valence-electron chi connectivity index (χ1n) is 10.5. The number of fused-ring (bicyclic) bond motifs is 3. The minimum Gasteiger partial charge on any atom is -0.362 e. The Balaban J connectivity index is 1.36. The Kier molecular flexibility index (Phi) is 5.23. The van der Waals surface area contributed by atoms with Crippen molar-refractivity contribution in [3.05, 3.63) is 70.9 Å². The van der Waals surface area contributed by atoms with E-state index in [1.165, 1.54) is 36.6 Å². The molecular formula is C24H26ClN3S. The predicted molar refractivity (Wildman–Crippen MR) is 125 cm³/mol. The summed E-state index contributed by atoms with van der Waals surface area (Å²) >= 11 is 12.3. The van der Waals surface area contributed by atoms with Crippen molar-refractivity contribution < 1.29 is 0 Å². The second kappa shape index (κ2) is 8.00. The van der Waals surface area contributed by atoms with Crippen LogP contribution in [-0.2, 0) is 0 Å². The summed E-state index contributed by atoms with van der Waals surface area (Å²) in [5.41, 5.74) is 3.50. The van der Waals surface area contributed by atoms with Crippen LogP contribution in [0.15, 0.2) is 54.7 Å². The van der Waals surface area contributed by atoms with E-state index < -0.39 is 0 Å².